The van der Waals surface area contributed by atoms with Gasteiger partial charge in [0.25, 0.3) is 0 Å². The predicted octanol–water partition coefficient (Wildman–Crippen LogP) is 3.49. The molecule has 8 heteroatoms. The van der Waals surface area contributed by atoms with Crippen LogP contribution in [0.2, 0.25) is 0 Å². The predicted molar refractivity (Wildman–Crippen MR) is 125 cm³/mol. The van der Waals surface area contributed by atoms with Crippen molar-refractivity contribution in [2.24, 2.45) is 0 Å². The van der Waals surface area contributed by atoms with Gasteiger partial charge in [0.15, 0.2) is 0 Å². The molecule has 0 spiro atoms. The topological polar surface area (TPSA) is 89.6 Å². The van der Waals surface area contributed by atoms with Gasteiger partial charge in [0.1, 0.15) is 11.6 Å². The Morgan fingerprint density at radius 2 is 1.06 bits per heavy atom. The highest BCUT2D eigenvalue weighted by atomic mass is 15.1. The molecular formula is C24H26N8. The summed E-state index contributed by atoms with van der Waals surface area (Å²) in [6, 6.07) is 16.2. The van der Waals surface area contributed by atoms with E-state index in [1.54, 1.807) is 0 Å². The second-order valence-corrected chi connectivity index (χ2v) is 8.24. The lowest BCUT2D eigenvalue weighted by Crippen LogP contribution is -2.20. The molecule has 0 aliphatic heterocycles. The maximum atomic E-state index is 4.64. The third kappa shape index (κ3) is 4.66. The van der Waals surface area contributed by atoms with E-state index in [1.807, 2.05) is 60.9 Å². The van der Waals surface area contributed by atoms with Gasteiger partial charge < -0.3 is 9.97 Å². The summed E-state index contributed by atoms with van der Waals surface area (Å²) in [5.74, 6) is 1.90. The van der Waals surface area contributed by atoms with E-state index in [0.717, 1.165) is 58.2 Å². The highest BCUT2D eigenvalue weighted by Crippen LogP contribution is 2.13. The summed E-state index contributed by atoms with van der Waals surface area (Å²) < 4.78 is 0. The molecule has 0 saturated heterocycles. The number of aromatic amines is 2. The molecule has 0 saturated carbocycles. The molecule has 0 atom stereocenters. The van der Waals surface area contributed by atoms with E-state index in [-0.39, 0.29) is 0 Å². The summed E-state index contributed by atoms with van der Waals surface area (Å²) in [6.45, 7) is 2.86. The van der Waals surface area contributed by atoms with Gasteiger partial charge in [0, 0.05) is 13.1 Å². The number of imidazole rings is 2. The lowest BCUT2D eigenvalue weighted by atomic mass is 10.3. The Hall–Kier alpha value is -3.62. The van der Waals surface area contributed by atoms with E-state index < -0.39 is 0 Å². The summed E-state index contributed by atoms with van der Waals surface area (Å²) in [4.78, 5) is 29.6. The lowest BCUT2D eigenvalue weighted by Gasteiger charge is -2.16. The van der Waals surface area contributed by atoms with Gasteiger partial charge in [-0.1, -0.05) is 24.3 Å². The SMILES string of the molecule is CN(Cc1cnc(CN(C)Cc2nc3ccccc3[nH]2)cn1)Cc1nc2ccccc2[nH]1. The van der Waals surface area contributed by atoms with Crippen molar-refractivity contribution in [3.63, 3.8) is 0 Å². The summed E-state index contributed by atoms with van der Waals surface area (Å²) in [5.41, 5.74) is 5.98. The van der Waals surface area contributed by atoms with Crippen LogP contribution in [0.1, 0.15) is 23.0 Å². The van der Waals surface area contributed by atoms with Gasteiger partial charge in [-0.05, 0) is 38.4 Å². The Kier molecular flexibility index (Phi) is 5.62. The standard InChI is InChI=1S/C24H26N8/c1-31(15-23-27-19-7-3-4-8-20(19)28-23)13-17-11-26-18(12-25-17)14-32(2)16-24-29-21-9-5-6-10-22(21)30-24/h3-12H,13-16H2,1-2H3,(H,27,28)(H,29,30). The summed E-state index contributed by atoms with van der Waals surface area (Å²) >= 11 is 0. The molecule has 0 bridgehead atoms. The number of hydrogen-bond acceptors (Lipinski definition) is 6. The van der Waals surface area contributed by atoms with Crippen LogP contribution in [0, 0.1) is 0 Å². The van der Waals surface area contributed by atoms with Crippen LogP contribution in [0.3, 0.4) is 0 Å². The average molecular weight is 427 g/mol. The van der Waals surface area contributed by atoms with E-state index >= 15 is 0 Å². The first-order valence-electron chi connectivity index (χ1n) is 10.7. The van der Waals surface area contributed by atoms with E-state index in [4.69, 9.17) is 0 Å². The number of nitrogens with one attached hydrogen (secondary N) is 2. The van der Waals surface area contributed by atoms with Crippen molar-refractivity contribution in [1.29, 1.82) is 0 Å². The molecule has 0 radical (unpaired) electrons. The van der Waals surface area contributed by atoms with Gasteiger partial charge in [-0.2, -0.15) is 0 Å². The van der Waals surface area contributed by atoms with Crippen molar-refractivity contribution in [2.45, 2.75) is 26.2 Å². The fraction of sp³-hybridized carbons (Fsp3) is 0.250. The molecule has 5 aromatic rings. The number of aromatic nitrogens is 6. The summed E-state index contributed by atoms with van der Waals surface area (Å²) in [6.07, 6.45) is 3.72. The molecule has 8 nitrogen and oxygen atoms in total. The van der Waals surface area contributed by atoms with Crippen molar-refractivity contribution < 1.29 is 0 Å². The third-order valence-electron chi connectivity index (χ3n) is 5.34. The largest absolute Gasteiger partial charge is 0.341 e. The van der Waals surface area contributed by atoms with Crippen LogP contribution >= 0.6 is 0 Å². The zero-order valence-corrected chi connectivity index (χ0v) is 18.3. The minimum absolute atomic E-state index is 0.707. The fourth-order valence-electron chi connectivity index (χ4n) is 3.88. The van der Waals surface area contributed by atoms with Crippen LogP contribution in [-0.4, -0.2) is 53.8 Å². The monoisotopic (exact) mass is 426 g/mol. The number of benzene rings is 2. The van der Waals surface area contributed by atoms with Crippen molar-refractivity contribution >= 4 is 22.1 Å². The first kappa shape index (κ1) is 20.3. The molecule has 0 unspecified atom stereocenters. The Morgan fingerprint density at radius 3 is 1.47 bits per heavy atom. The Labute approximate surface area is 186 Å². The number of fused-ring (bicyclic) bond motifs is 2. The maximum Gasteiger partial charge on any atom is 0.121 e. The van der Waals surface area contributed by atoms with E-state index in [1.165, 1.54) is 0 Å². The number of rotatable bonds is 8. The van der Waals surface area contributed by atoms with Gasteiger partial charge in [0.2, 0.25) is 0 Å². The maximum absolute atomic E-state index is 4.64. The van der Waals surface area contributed by atoms with Crippen LogP contribution in [0.15, 0.2) is 60.9 Å². The molecule has 3 aromatic heterocycles. The van der Waals surface area contributed by atoms with Crippen molar-refractivity contribution in [1.82, 2.24) is 39.7 Å². The summed E-state index contributed by atoms with van der Waals surface area (Å²) in [5, 5.41) is 0. The van der Waals surface area contributed by atoms with Crippen LogP contribution < -0.4 is 0 Å². The number of H-pyrrole nitrogens is 2. The molecule has 0 amide bonds. The highest BCUT2D eigenvalue weighted by Gasteiger charge is 2.10. The molecule has 2 aromatic carbocycles. The number of hydrogen-bond donors (Lipinski definition) is 2. The minimum Gasteiger partial charge on any atom is -0.341 e. The Bertz CT molecular complexity index is 1150. The molecular weight excluding hydrogens is 400 g/mol. The van der Waals surface area contributed by atoms with Gasteiger partial charge in [-0.3, -0.25) is 19.8 Å². The number of nitrogens with zero attached hydrogens (tertiary/aromatic N) is 6. The van der Waals surface area contributed by atoms with E-state index in [0.29, 0.717) is 13.1 Å². The van der Waals surface area contributed by atoms with Gasteiger partial charge in [0.05, 0.1) is 58.9 Å². The van der Waals surface area contributed by atoms with Crippen LogP contribution in [-0.2, 0) is 26.2 Å². The van der Waals surface area contributed by atoms with Crippen LogP contribution in [0.4, 0.5) is 0 Å². The van der Waals surface area contributed by atoms with Crippen LogP contribution in [0.25, 0.3) is 22.1 Å². The Balaban J connectivity index is 1.15. The van der Waals surface area contributed by atoms with Gasteiger partial charge in [-0.25, -0.2) is 9.97 Å². The third-order valence-corrected chi connectivity index (χ3v) is 5.34. The van der Waals surface area contributed by atoms with Crippen molar-refractivity contribution in [3.05, 3.63) is 84.0 Å². The smallest absolute Gasteiger partial charge is 0.121 e. The molecule has 0 aliphatic rings. The van der Waals surface area contributed by atoms with E-state index in [2.05, 4.69) is 53.8 Å². The zero-order chi connectivity index (χ0) is 21.9. The Morgan fingerprint density at radius 1 is 0.625 bits per heavy atom. The molecule has 2 N–H and O–H groups in total. The molecule has 162 valence electrons. The highest BCUT2D eigenvalue weighted by molar-refractivity contribution is 5.75. The lowest BCUT2D eigenvalue weighted by molar-refractivity contribution is 0.302. The quantitative estimate of drug-likeness (QED) is 0.395. The van der Waals surface area contributed by atoms with Gasteiger partial charge >= 0.3 is 0 Å². The van der Waals surface area contributed by atoms with Crippen molar-refractivity contribution in [2.75, 3.05) is 14.1 Å². The second-order valence-electron chi connectivity index (χ2n) is 8.24. The van der Waals surface area contributed by atoms with Gasteiger partial charge in [-0.15, -0.1) is 0 Å². The normalized spacial score (nSPS) is 11.9. The second kappa shape index (κ2) is 8.86. The average Bonchev–Trinajstić information content (AvgIpc) is 3.37. The number of para-hydroxylation sites is 4. The van der Waals surface area contributed by atoms with Crippen LogP contribution in [0.5, 0.6) is 0 Å². The zero-order valence-electron chi connectivity index (χ0n) is 18.3. The molecule has 3 heterocycles. The minimum atomic E-state index is 0.707. The molecule has 5 rings (SSSR count). The molecule has 0 aliphatic carbocycles. The van der Waals surface area contributed by atoms with E-state index in [9.17, 15) is 0 Å². The molecule has 32 heavy (non-hydrogen) atoms. The van der Waals surface area contributed by atoms with Crippen molar-refractivity contribution in [3.8, 4) is 0 Å². The first-order valence-corrected chi connectivity index (χ1v) is 10.7. The summed E-state index contributed by atoms with van der Waals surface area (Å²) in [7, 11) is 4.12. The molecule has 0 fully saturated rings. The first-order chi connectivity index (χ1) is 15.6. The fourth-order valence-corrected chi connectivity index (χ4v) is 3.88.